The van der Waals surface area contributed by atoms with Gasteiger partial charge in [-0.2, -0.15) is 0 Å². The predicted molar refractivity (Wildman–Crippen MR) is 49.2 cm³/mol. The molecule has 0 unspecified atom stereocenters. The van der Waals surface area contributed by atoms with Crippen LogP contribution in [-0.2, 0) is 7.05 Å². The third-order valence-corrected chi connectivity index (χ3v) is 2.01. The van der Waals surface area contributed by atoms with Crippen molar-refractivity contribution < 1.29 is 4.79 Å². The number of hydrogen-bond donors (Lipinski definition) is 1. The lowest BCUT2D eigenvalue weighted by atomic mass is 10.3. The fourth-order valence-electron chi connectivity index (χ4n) is 1.37. The summed E-state index contributed by atoms with van der Waals surface area (Å²) in [7, 11) is 1.77. The first-order chi connectivity index (χ1) is 6.20. The topological polar surface area (TPSA) is 60.9 Å². The molecule has 0 aliphatic heterocycles. The highest BCUT2D eigenvalue weighted by atomic mass is 16.1. The van der Waals surface area contributed by atoms with E-state index < -0.39 is 5.91 Å². The molecule has 1 heterocycles. The van der Waals surface area contributed by atoms with Gasteiger partial charge in [0, 0.05) is 7.05 Å². The van der Waals surface area contributed by atoms with Gasteiger partial charge in [-0.05, 0) is 12.1 Å². The van der Waals surface area contributed by atoms with Gasteiger partial charge in [-0.25, -0.2) is 4.98 Å². The summed E-state index contributed by atoms with van der Waals surface area (Å²) in [4.78, 5) is 15.0. The third-order valence-electron chi connectivity index (χ3n) is 2.01. The summed E-state index contributed by atoms with van der Waals surface area (Å²) in [5.41, 5.74) is 6.86. The first-order valence-electron chi connectivity index (χ1n) is 3.91. The van der Waals surface area contributed by atoms with E-state index in [4.69, 9.17) is 5.73 Å². The Labute approximate surface area is 75.0 Å². The first kappa shape index (κ1) is 7.79. The lowest BCUT2D eigenvalue weighted by Crippen LogP contribution is -2.16. The molecule has 0 spiro atoms. The molecule has 1 amide bonds. The smallest absolute Gasteiger partial charge is 0.284 e. The molecule has 4 heteroatoms. The van der Waals surface area contributed by atoms with Crippen LogP contribution in [0.5, 0.6) is 0 Å². The van der Waals surface area contributed by atoms with Gasteiger partial charge in [0.2, 0.25) is 0 Å². The van der Waals surface area contributed by atoms with Crippen LogP contribution in [0.3, 0.4) is 0 Å². The van der Waals surface area contributed by atoms with Crippen LogP contribution in [0.25, 0.3) is 11.0 Å². The van der Waals surface area contributed by atoms with Crippen molar-refractivity contribution in [2.45, 2.75) is 0 Å². The molecule has 0 fully saturated rings. The monoisotopic (exact) mass is 175 g/mol. The van der Waals surface area contributed by atoms with Crippen LogP contribution >= 0.6 is 0 Å². The number of carbonyl (C=O) groups is 1. The van der Waals surface area contributed by atoms with E-state index in [-0.39, 0.29) is 0 Å². The minimum Gasteiger partial charge on any atom is -0.363 e. The van der Waals surface area contributed by atoms with Crippen molar-refractivity contribution in [3.8, 4) is 0 Å². The summed E-state index contributed by atoms with van der Waals surface area (Å²) >= 11 is 0. The third kappa shape index (κ3) is 1.07. The standard InChI is InChI=1S/C9H9N3O/c1-12-7-5-3-2-4-6(7)11-9(12)8(10)13/h2-5H,1H3,(H2,10,13). The number of imidazole rings is 1. The molecule has 66 valence electrons. The van der Waals surface area contributed by atoms with E-state index in [9.17, 15) is 4.79 Å². The molecule has 0 saturated heterocycles. The fraction of sp³-hybridized carbons (Fsp3) is 0.111. The first-order valence-corrected chi connectivity index (χ1v) is 3.91. The number of amides is 1. The van der Waals surface area contributed by atoms with Gasteiger partial charge in [-0.1, -0.05) is 12.1 Å². The van der Waals surface area contributed by atoms with E-state index in [1.54, 1.807) is 11.6 Å². The molecule has 2 rings (SSSR count). The highest BCUT2D eigenvalue weighted by molar-refractivity contribution is 5.93. The zero-order valence-electron chi connectivity index (χ0n) is 7.19. The molecule has 0 saturated carbocycles. The molecule has 1 aromatic carbocycles. The lowest BCUT2D eigenvalue weighted by Gasteiger charge is -1.95. The normalized spacial score (nSPS) is 10.5. The Morgan fingerprint density at radius 1 is 1.46 bits per heavy atom. The zero-order chi connectivity index (χ0) is 9.42. The van der Waals surface area contributed by atoms with E-state index in [0.717, 1.165) is 11.0 Å². The van der Waals surface area contributed by atoms with Crippen molar-refractivity contribution in [2.75, 3.05) is 0 Å². The summed E-state index contributed by atoms with van der Waals surface area (Å²) < 4.78 is 1.69. The second kappa shape index (κ2) is 2.58. The SMILES string of the molecule is Cn1c(C(N)=O)nc2ccccc21. The highest BCUT2D eigenvalue weighted by Gasteiger charge is 2.10. The summed E-state index contributed by atoms with van der Waals surface area (Å²) in [6.07, 6.45) is 0. The molecule has 0 bridgehead atoms. The van der Waals surface area contributed by atoms with Crippen molar-refractivity contribution in [2.24, 2.45) is 12.8 Å². The lowest BCUT2D eigenvalue weighted by molar-refractivity contribution is 0.0988. The summed E-state index contributed by atoms with van der Waals surface area (Å²) in [6, 6.07) is 7.52. The minimum absolute atomic E-state index is 0.293. The molecule has 0 radical (unpaired) electrons. The van der Waals surface area contributed by atoms with Gasteiger partial charge in [0.05, 0.1) is 11.0 Å². The van der Waals surface area contributed by atoms with Gasteiger partial charge in [-0.3, -0.25) is 4.79 Å². The average Bonchev–Trinajstić information content (AvgIpc) is 2.45. The number of primary amides is 1. The number of nitrogens with two attached hydrogens (primary N) is 1. The number of para-hydroxylation sites is 2. The molecule has 13 heavy (non-hydrogen) atoms. The molecule has 0 aliphatic carbocycles. The molecular weight excluding hydrogens is 166 g/mol. The van der Waals surface area contributed by atoms with E-state index in [2.05, 4.69) is 4.98 Å². The average molecular weight is 175 g/mol. The quantitative estimate of drug-likeness (QED) is 0.692. The molecule has 0 aliphatic rings. The molecular formula is C9H9N3O. The number of carbonyl (C=O) groups excluding carboxylic acids is 1. The maximum absolute atomic E-state index is 10.9. The van der Waals surface area contributed by atoms with Crippen LogP contribution in [0.2, 0.25) is 0 Å². The summed E-state index contributed by atoms with van der Waals surface area (Å²) in [6.45, 7) is 0. The number of aryl methyl sites for hydroxylation is 1. The number of fused-ring (bicyclic) bond motifs is 1. The second-order valence-electron chi connectivity index (χ2n) is 2.85. The zero-order valence-corrected chi connectivity index (χ0v) is 7.19. The Morgan fingerprint density at radius 3 is 2.77 bits per heavy atom. The highest BCUT2D eigenvalue weighted by Crippen LogP contribution is 2.13. The molecule has 2 aromatic rings. The Hall–Kier alpha value is -1.84. The number of hydrogen-bond acceptors (Lipinski definition) is 2. The molecule has 0 atom stereocenters. The Bertz CT molecular complexity index is 473. The fourth-order valence-corrected chi connectivity index (χ4v) is 1.37. The van der Waals surface area contributed by atoms with Crippen molar-refractivity contribution >= 4 is 16.9 Å². The summed E-state index contributed by atoms with van der Waals surface area (Å²) in [5, 5.41) is 0. The van der Waals surface area contributed by atoms with Gasteiger partial charge < -0.3 is 10.3 Å². The second-order valence-corrected chi connectivity index (χ2v) is 2.85. The van der Waals surface area contributed by atoms with Gasteiger partial charge in [0.25, 0.3) is 5.91 Å². The van der Waals surface area contributed by atoms with E-state index >= 15 is 0 Å². The van der Waals surface area contributed by atoms with E-state index in [0.29, 0.717) is 5.82 Å². The van der Waals surface area contributed by atoms with Crippen LogP contribution < -0.4 is 5.73 Å². The number of rotatable bonds is 1. The van der Waals surface area contributed by atoms with E-state index in [1.165, 1.54) is 0 Å². The number of nitrogens with zero attached hydrogens (tertiary/aromatic N) is 2. The maximum atomic E-state index is 10.9. The number of benzene rings is 1. The Balaban J connectivity index is 2.81. The van der Waals surface area contributed by atoms with Gasteiger partial charge in [0.15, 0.2) is 5.82 Å². The van der Waals surface area contributed by atoms with Crippen LogP contribution in [0.4, 0.5) is 0 Å². The molecule has 1 aromatic heterocycles. The minimum atomic E-state index is -0.501. The van der Waals surface area contributed by atoms with Crippen LogP contribution in [0.1, 0.15) is 10.6 Å². The van der Waals surface area contributed by atoms with Crippen molar-refractivity contribution in [1.82, 2.24) is 9.55 Å². The van der Waals surface area contributed by atoms with E-state index in [1.807, 2.05) is 24.3 Å². The predicted octanol–water partition coefficient (Wildman–Crippen LogP) is 0.672. The Kier molecular flexibility index (Phi) is 1.55. The van der Waals surface area contributed by atoms with Crippen molar-refractivity contribution in [3.63, 3.8) is 0 Å². The number of aromatic nitrogens is 2. The summed E-state index contributed by atoms with van der Waals surface area (Å²) in [5.74, 6) is -0.208. The van der Waals surface area contributed by atoms with Gasteiger partial charge in [-0.15, -0.1) is 0 Å². The van der Waals surface area contributed by atoms with Gasteiger partial charge in [0.1, 0.15) is 0 Å². The van der Waals surface area contributed by atoms with Gasteiger partial charge >= 0.3 is 0 Å². The Morgan fingerprint density at radius 2 is 2.15 bits per heavy atom. The largest absolute Gasteiger partial charge is 0.363 e. The molecule has 4 nitrogen and oxygen atoms in total. The van der Waals surface area contributed by atoms with Crippen LogP contribution in [-0.4, -0.2) is 15.5 Å². The van der Waals surface area contributed by atoms with Crippen molar-refractivity contribution in [1.29, 1.82) is 0 Å². The molecule has 2 N–H and O–H groups in total. The maximum Gasteiger partial charge on any atom is 0.284 e. The van der Waals surface area contributed by atoms with Crippen LogP contribution in [0, 0.1) is 0 Å². The van der Waals surface area contributed by atoms with Crippen LogP contribution in [0.15, 0.2) is 24.3 Å². The van der Waals surface area contributed by atoms with Crippen molar-refractivity contribution in [3.05, 3.63) is 30.1 Å².